The number of pyridine rings is 1. The van der Waals surface area contributed by atoms with E-state index in [-0.39, 0.29) is 24.0 Å². The standard InChI is InChI=1S/C19H22BrN5.HI/c1-21-19(25(3)13-17-10-16(20)12-24(17)2)23-11-15-7-4-6-14-8-5-9-22-18(14)15;/h4-10,12H,11,13H2,1-3H3,(H,21,23);1H. The summed E-state index contributed by atoms with van der Waals surface area (Å²) in [4.78, 5) is 11.0. The van der Waals surface area contributed by atoms with Crippen LogP contribution in [0.2, 0.25) is 0 Å². The lowest BCUT2D eigenvalue weighted by molar-refractivity contribution is 0.462. The normalized spacial score (nSPS) is 11.3. The Morgan fingerprint density at radius 2 is 2.08 bits per heavy atom. The van der Waals surface area contributed by atoms with E-state index in [2.05, 4.69) is 77.2 Å². The number of hydrogen-bond acceptors (Lipinski definition) is 2. The van der Waals surface area contributed by atoms with Crippen LogP contribution >= 0.6 is 39.9 Å². The average molecular weight is 528 g/mol. The highest BCUT2D eigenvalue weighted by Gasteiger charge is 2.10. The highest BCUT2D eigenvalue weighted by Crippen LogP contribution is 2.17. The second kappa shape index (κ2) is 9.36. The van der Waals surface area contributed by atoms with Crippen molar-refractivity contribution in [3.63, 3.8) is 0 Å². The van der Waals surface area contributed by atoms with E-state index in [1.807, 2.05) is 26.4 Å². The average Bonchev–Trinajstić information content (AvgIpc) is 2.92. The van der Waals surface area contributed by atoms with Gasteiger partial charge in [0.15, 0.2) is 5.96 Å². The summed E-state index contributed by atoms with van der Waals surface area (Å²) >= 11 is 3.52. The van der Waals surface area contributed by atoms with Crippen LogP contribution in [0.25, 0.3) is 10.9 Å². The second-order valence-corrected chi connectivity index (χ2v) is 6.93. The summed E-state index contributed by atoms with van der Waals surface area (Å²) in [5, 5.41) is 4.59. The number of aryl methyl sites for hydroxylation is 1. The summed E-state index contributed by atoms with van der Waals surface area (Å²) in [6.45, 7) is 1.46. The molecule has 5 nitrogen and oxygen atoms in total. The van der Waals surface area contributed by atoms with Crippen molar-refractivity contribution in [2.75, 3.05) is 14.1 Å². The van der Waals surface area contributed by atoms with Gasteiger partial charge >= 0.3 is 0 Å². The van der Waals surface area contributed by atoms with Crippen LogP contribution in [0.1, 0.15) is 11.3 Å². The van der Waals surface area contributed by atoms with E-state index >= 15 is 0 Å². The molecule has 0 saturated carbocycles. The Labute approximate surface area is 179 Å². The number of aliphatic imine (C=N–C) groups is 1. The maximum absolute atomic E-state index is 4.51. The third-order valence-electron chi connectivity index (χ3n) is 4.20. The molecule has 0 aliphatic rings. The van der Waals surface area contributed by atoms with Gasteiger partial charge in [0.25, 0.3) is 0 Å². The molecule has 3 aromatic rings. The van der Waals surface area contributed by atoms with Gasteiger partial charge in [0.1, 0.15) is 0 Å². The number of nitrogens with zero attached hydrogens (tertiary/aromatic N) is 4. The van der Waals surface area contributed by atoms with Gasteiger partial charge in [-0.15, -0.1) is 24.0 Å². The molecule has 0 aliphatic carbocycles. The van der Waals surface area contributed by atoms with Crippen LogP contribution in [-0.2, 0) is 20.1 Å². The van der Waals surface area contributed by atoms with Crippen molar-refractivity contribution in [1.82, 2.24) is 19.8 Å². The molecular formula is C19H23BrIN5. The van der Waals surface area contributed by atoms with Gasteiger partial charge in [-0.25, -0.2) is 0 Å². The Kier molecular flexibility index (Phi) is 7.45. The molecule has 1 aromatic carbocycles. The number of rotatable bonds is 4. The van der Waals surface area contributed by atoms with Crippen LogP contribution < -0.4 is 5.32 Å². The molecule has 138 valence electrons. The predicted octanol–water partition coefficient (Wildman–Crippen LogP) is 4.16. The highest BCUT2D eigenvalue weighted by molar-refractivity contribution is 14.0. The number of fused-ring (bicyclic) bond motifs is 1. The first-order valence-corrected chi connectivity index (χ1v) is 8.93. The Morgan fingerprint density at radius 3 is 2.77 bits per heavy atom. The molecule has 0 unspecified atom stereocenters. The number of guanidine groups is 1. The van der Waals surface area contributed by atoms with Gasteiger partial charge in [-0.1, -0.05) is 24.3 Å². The first kappa shape index (κ1) is 20.7. The molecule has 0 bridgehead atoms. The fourth-order valence-electron chi connectivity index (χ4n) is 2.91. The predicted molar refractivity (Wildman–Crippen MR) is 122 cm³/mol. The lowest BCUT2D eigenvalue weighted by Gasteiger charge is -2.22. The molecule has 0 fully saturated rings. The molecule has 0 spiro atoms. The fourth-order valence-corrected chi connectivity index (χ4v) is 3.48. The van der Waals surface area contributed by atoms with E-state index < -0.39 is 0 Å². The summed E-state index contributed by atoms with van der Waals surface area (Å²) in [5.74, 6) is 0.852. The van der Waals surface area contributed by atoms with Crippen LogP contribution in [0.5, 0.6) is 0 Å². The summed E-state index contributed by atoms with van der Waals surface area (Å²) < 4.78 is 3.20. The van der Waals surface area contributed by atoms with Crippen LogP contribution in [-0.4, -0.2) is 34.5 Å². The van der Waals surface area contributed by atoms with E-state index in [1.54, 1.807) is 7.05 Å². The van der Waals surface area contributed by atoms with Gasteiger partial charge in [0.2, 0.25) is 0 Å². The van der Waals surface area contributed by atoms with Gasteiger partial charge < -0.3 is 14.8 Å². The first-order valence-electron chi connectivity index (χ1n) is 8.13. The summed E-state index contributed by atoms with van der Waals surface area (Å²) in [6.07, 6.45) is 3.89. The molecule has 26 heavy (non-hydrogen) atoms. The zero-order valence-corrected chi connectivity index (χ0v) is 19.0. The van der Waals surface area contributed by atoms with Crippen LogP contribution in [0.3, 0.4) is 0 Å². The van der Waals surface area contributed by atoms with Crippen molar-refractivity contribution >= 4 is 56.8 Å². The largest absolute Gasteiger partial charge is 0.352 e. The van der Waals surface area contributed by atoms with Gasteiger partial charge in [-0.3, -0.25) is 9.98 Å². The smallest absolute Gasteiger partial charge is 0.194 e. The van der Waals surface area contributed by atoms with Crippen LogP contribution in [0.4, 0.5) is 0 Å². The summed E-state index contributed by atoms with van der Waals surface area (Å²) in [7, 11) is 5.89. The van der Waals surface area contributed by atoms with Crippen molar-refractivity contribution in [2.45, 2.75) is 13.1 Å². The van der Waals surface area contributed by atoms with Crippen molar-refractivity contribution in [3.05, 3.63) is 64.5 Å². The number of nitrogens with one attached hydrogen (secondary N) is 1. The van der Waals surface area contributed by atoms with E-state index in [1.165, 1.54) is 5.69 Å². The molecule has 3 rings (SSSR count). The van der Waals surface area contributed by atoms with Gasteiger partial charge in [-0.2, -0.15) is 0 Å². The molecule has 2 aromatic heterocycles. The van der Waals surface area contributed by atoms with Crippen molar-refractivity contribution in [1.29, 1.82) is 0 Å². The van der Waals surface area contributed by atoms with Crippen molar-refractivity contribution in [2.24, 2.45) is 12.0 Å². The van der Waals surface area contributed by atoms with E-state index in [0.717, 1.165) is 33.4 Å². The van der Waals surface area contributed by atoms with E-state index in [4.69, 9.17) is 0 Å². The maximum Gasteiger partial charge on any atom is 0.194 e. The Bertz CT molecular complexity index is 901. The van der Waals surface area contributed by atoms with Gasteiger partial charge in [-0.05, 0) is 33.6 Å². The zero-order valence-electron chi connectivity index (χ0n) is 15.1. The third kappa shape index (κ3) is 4.76. The monoisotopic (exact) mass is 527 g/mol. The lowest BCUT2D eigenvalue weighted by atomic mass is 10.1. The second-order valence-electron chi connectivity index (χ2n) is 6.01. The van der Waals surface area contributed by atoms with Crippen LogP contribution in [0, 0.1) is 0 Å². The van der Waals surface area contributed by atoms with Gasteiger partial charge in [0.05, 0.1) is 12.1 Å². The molecule has 0 atom stereocenters. The highest BCUT2D eigenvalue weighted by atomic mass is 127. The summed E-state index contributed by atoms with van der Waals surface area (Å²) in [6, 6.07) is 12.4. The van der Waals surface area contributed by atoms with Gasteiger partial charge in [0, 0.05) is 55.6 Å². The lowest BCUT2D eigenvalue weighted by Crippen LogP contribution is -2.38. The SMILES string of the molecule is CN=C(NCc1cccc2cccnc12)N(C)Cc1cc(Br)cn1C.I. The number of hydrogen-bond donors (Lipinski definition) is 1. The third-order valence-corrected chi connectivity index (χ3v) is 4.63. The molecule has 1 N–H and O–H groups in total. The van der Waals surface area contributed by atoms with E-state index in [9.17, 15) is 0 Å². The number of halogens is 2. The maximum atomic E-state index is 4.51. The minimum absolute atomic E-state index is 0. The molecular weight excluding hydrogens is 505 g/mol. The number of para-hydroxylation sites is 1. The molecule has 0 aliphatic heterocycles. The number of aromatic nitrogens is 2. The van der Waals surface area contributed by atoms with Crippen molar-refractivity contribution < 1.29 is 0 Å². The number of benzene rings is 1. The molecule has 0 saturated heterocycles. The minimum Gasteiger partial charge on any atom is -0.352 e. The Balaban J connectivity index is 0.00000243. The Hall–Kier alpha value is -1.61. The van der Waals surface area contributed by atoms with E-state index in [0.29, 0.717) is 6.54 Å². The fraction of sp³-hybridized carbons (Fsp3) is 0.263. The quantitative estimate of drug-likeness (QED) is 0.315. The van der Waals surface area contributed by atoms with Crippen LogP contribution in [0.15, 0.2) is 58.3 Å². The molecule has 2 heterocycles. The molecule has 7 heteroatoms. The zero-order chi connectivity index (χ0) is 17.8. The minimum atomic E-state index is 0. The molecule has 0 amide bonds. The topological polar surface area (TPSA) is 45.5 Å². The molecule has 0 radical (unpaired) electrons. The summed E-state index contributed by atoms with van der Waals surface area (Å²) in [5.41, 5.74) is 3.40. The Morgan fingerprint density at radius 1 is 1.31 bits per heavy atom. The first-order chi connectivity index (χ1) is 12.1. The van der Waals surface area contributed by atoms with Crippen molar-refractivity contribution in [3.8, 4) is 0 Å².